The minimum absolute atomic E-state index is 0.274. The third kappa shape index (κ3) is 3.14. The summed E-state index contributed by atoms with van der Waals surface area (Å²) in [7, 11) is 1.45. The number of ether oxygens (including phenoxy) is 1. The van der Waals surface area contributed by atoms with E-state index >= 15 is 0 Å². The number of hydrogen-bond acceptors (Lipinski definition) is 3. The summed E-state index contributed by atoms with van der Waals surface area (Å²) in [6.45, 7) is 3.36. The molecule has 5 nitrogen and oxygen atoms in total. The summed E-state index contributed by atoms with van der Waals surface area (Å²) in [5.41, 5.74) is 0.952. The molecule has 2 N–H and O–H groups in total. The maximum atomic E-state index is 12.8. The zero-order valence-electron chi connectivity index (χ0n) is 11.0. The van der Waals surface area contributed by atoms with E-state index in [9.17, 15) is 14.0 Å². The number of amides is 2. The minimum Gasteiger partial charge on any atom is -0.494 e. The van der Waals surface area contributed by atoms with E-state index in [1.807, 2.05) is 0 Å². The number of anilines is 2. The smallest absolute Gasteiger partial charge is 0.247 e. The number of carbonyl (C=O) groups excluding carboxylic acids is 2. The van der Waals surface area contributed by atoms with Gasteiger partial charge in [0.1, 0.15) is 11.9 Å². The molecule has 20 heavy (non-hydrogen) atoms. The van der Waals surface area contributed by atoms with Gasteiger partial charge in [0.05, 0.1) is 18.7 Å². The summed E-state index contributed by atoms with van der Waals surface area (Å²) < 4.78 is 17.9. The number of alkyl halides is 1. The molecule has 1 aliphatic carbocycles. The molecular weight excluding hydrogens is 263 g/mol. The molecule has 1 saturated carbocycles. The lowest BCUT2D eigenvalue weighted by Crippen LogP contribution is -2.15. The van der Waals surface area contributed by atoms with Gasteiger partial charge in [0.15, 0.2) is 0 Å². The van der Waals surface area contributed by atoms with Gasteiger partial charge in [-0.25, -0.2) is 4.39 Å². The van der Waals surface area contributed by atoms with E-state index in [-0.39, 0.29) is 18.2 Å². The fourth-order valence-corrected chi connectivity index (χ4v) is 1.73. The average molecular weight is 278 g/mol. The van der Waals surface area contributed by atoms with E-state index in [1.165, 1.54) is 7.11 Å². The monoisotopic (exact) mass is 278 g/mol. The first-order valence-electron chi connectivity index (χ1n) is 6.11. The first-order chi connectivity index (χ1) is 9.55. The number of carbonyl (C=O) groups is 2. The molecule has 6 heteroatoms. The van der Waals surface area contributed by atoms with Gasteiger partial charge in [-0.05, 0) is 24.6 Å². The third-order valence-electron chi connectivity index (χ3n) is 2.96. The quantitative estimate of drug-likeness (QED) is 0.811. The summed E-state index contributed by atoms with van der Waals surface area (Å²) in [4.78, 5) is 22.9. The number of benzene rings is 1. The van der Waals surface area contributed by atoms with Crippen molar-refractivity contribution >= 4 is 23.2 Å². The first kappa shape index (κ1) is 14.0. The van der Waals surface area contributed by atoms with Gasteiger partial charge < -0.3 is 15.4 Å². The largest absolute Gasteiger partial charge is 0.494 e. The zero-order chi connectivity index (χ0) is 14.7. The van der Waals surface area contributed by atoms with Crippen LogP contribution in [0.1, 0.15) is 6.42 Å². The second-order valence-corrected chi connectivity index (χ2v) is 4.46. The average Bonchev–Trinajstić information content (AvgIpc) is 3.17. The summed E-state index contributed by atoms with van der Waals surface area (Å²) in [5.74, 6) is -0.868. The number of nitrogens with one attached hydrogen (secondary N) is 2. The van der Waals surface area contributed by atoms with Gasteiger partial charge in [-0.15, -0.1) is 0 Å². The maximum absolute atomic E-state index is 12.8. The molecule has 0 saturated heterocycles. The second-order valence-electron chi connectivity index (χ2n) is 4.46. The Morgan fingerprint density at radius 1 is 1.45 bits per heavy atom. The zero-order valence-corrected chi connectivity index (χ0v) is 11.0. The van der Waals surface area contributed by atoms with E-state index in [2.05, 4.69) is 17.2 Å². The van der Waals surface area contributed by atoms with E-state index in [4.69, 9.17) is 4.74 Å². The molecule has 1 aromatic rings. The highest BCUT2D eigenvalue weighted by atomic mass is 19.1. The molecule has 1 aromatic carbocycles. The lowest BCUT2D eigenvalue weighted by atomic mass is 10.2. The highest BCUT2D eigenvalue weighted by molar-refractivity contribution is 6.00. The number of hydrogen-bond donors (Lipinski definition) is 2. The van der Waals surface area contributed by atoms with Crippen LogP contribution in [0.15, 0.2) is 30.9 Å². The molecule has 0 aromatic heterocycles. The summed E-state index contributed by atoms with van der Waals surface area (Å²) in [6, 6.07) is 4.76. The van der Waals surface area contributed by atoms with Crippen LogP contribution in [0.2, 0.25) is 0 Å². The van der Waals surface area contributed by atoms with E-state index in [0.717, 1.165) is 6.08 Å². The molecule has 2 amide bonds. The Balaban J connectivity index is 2.10. The standard InChI is InChI=1S/C14H15FN2O3/c1-3-13(18)17-11-5-4-8(6-12(11)20-2)16-14(19)9-7-10(9)15/h3-6,9-10H,1,7H2,2H3,(H,16,19)(H,17,18)/t9-,10+/m1/s1. The van der Waals surface area contributed by atoms with E-state index in [0.29, 0.717) is 17.1 Å². The summed E-state index contributed by atoms with van der Waals surface area (Å²) >= 11 is 0. The Morgan fingerprint density at radius 2 is 2.15 bits per heavy atom. The van der Waals surface area contributed by atoms with Gasteiger partial charge >= 0.3 is 0 Å². The highest BCUT2D eigenvalue weighted by Crippen LogP contribution is 2.35. The Morgan fingerprint density at radius 3 is 2.70 bits per heavy atom. The lowest BCUT2D eigenvalue weighted by Gasteiger charge is -2.11. The molecule has 0 spiro atoms. The molecule has 0 radical (unpaired) electrons. The Kier molecular flexibility index (Phi) is 4.02. The van der Waals surface area contributed by atoms with E-state index in [1.54, 1.807) is 18.2 Å². The van der Waals surface area contributed by atoms with Crippen molar-refractivity contribution in [2.45, 2.75) is 12.6 Å². The number of rotatable bonds is 5. The van der Waals surface area contributed by atoms with Gasteiger partial charge in [-0.1, -0.05) is 6.58 Å². The normalized spacial score (nSPS) is 19.9. The van der Waals surface area contributed by atoms with Gasteiger partial charge in [-0.2, -0.15) is 0 Å². The first-order valence-corrected chi connectivity index (χ1v) is 6.11. The van der Waals surface area contributed by atoms with Crippen LogP contribution >= 0.6 is 0 Å². The SMILES string of the molecule is C=CC(=O)Nc1ccc(NC(=O)[C@@H]2C[C@@H]2F)cc1OC. The van der Waals surface area contributed by atoms with Gasteiger partial charge in [0, 0.05) is 11.8 Å². The molecule has 1 aliphatic rings. The Labute approximate surface area is 115 Å². The molecule has 0 heterocycles. The fourth-order valence-electron chi connectivity index (χ4n) is 1.73. The van der Waals surface area contributed by atoms with Gasteiger partial charge in [0.25, 0.3) is 0 Å². The van der Waals surface area contributed by atoms with Crippen LogP contribution in [0.25, 0.3) is 0 Å². The van der Waals surface area contributed by atoms with Crippen molar-refractivity contribution in [3.05, 3.63) is 30.9 Å². The van der Waals surface area contributed by atoms with Crippen LogP contribution < -0.4 is 15.4 Å². The minimum atomic E-state index is -1.04. The van der Waals surface area contributed by atoms with E-state index < -0.39 is 12.1 Å². The molecular formula is C14H15FN2O3. The Hall–Kier alpha value is -2.37. The van der Waals surface area contributed by atoms with Crippen molar-refractivity contribution in [1.82, 2.24) is 0 Å². The van der Waals surface area contributed by atoms with Crippen molar-refractivity contribution in [3.63, 3.8) is 0 Å². The van der Waals surface area contributed by atoms with Crippen LogP contribution in [-0.2, 0) is 9.59 Å². The van der Waals surface area contributed by atoms with Crippen LogP contribution in [0, 0.1) is 5.92 Å². The molecule has 0 aliphatic heterocycles. The number of methoxy groups -OCH3 is 1. The van der Waals surface area contributed by atoms with Crippen LogP contribution in [-0.4, -0.2) is 25.1 Å². The molecule has 0 unspecified atom stereocenters. The van der Waals surface area contributed by atoms with Gasteiger partial charge in [-0.3, -0.25) is 9.59 Å². The topological polar surface area (TPSA) is 67.4 Å². The van der Waals surface area contributed by atoms with Crippen molar-refractivity contribution in [2.75, 3.05) is 17.7 Å². The number of halogens is 1. The van der Waals surface area contributed by atoms with Crippen molar-refractivity contribution in [3.8, 4) is 5.75 Å². The van der Waals surface area contributed by atoms with Gasteiger partial charge in [0.2, 0.25) is 11.8 Å². The Bertz CT molecular complexity index is 559. The van der Waals surface area contributed by atoms with Crippen molar-refractivity contribution in [1.29, 1.82) is 0 Å². The third-order valence-corrected chi connectivity index (χ3v) is 2.96. The van der Waals surface area contributed by atoms with Crippen LogP contribution in [0.5, 0.6) is 5.75 Å². The van der Waals surface area contributed by atoms with Crippen LogP contribution in [0.3, 0.4) is 0 Å². The van der Waals surface area contributed by atoms with Crippen LogP contribution in [0.4, 0.5) is 15.8 Å². The predicted molar refractivity (Wildman–Crippen MR) is 73.5 cm³/mol. The maximum Gasteiger partial charge on any atom is 0.247 e. The summed E-state index contributed by atoms with van der Waals surface area (Å²) in [5, 5.41) is 5.19. The second kappa shape index (κ2) is 5.73. The summed E-state index contributed by atoms with van der Waals surface area (Å²) in [6.07, 6.45) is 0.378. The molecule has 2 rings (SSSR count). The molecule has 0 bridgehead atoms. The predicted octanol–water partition coefficient (Wildman–Crippen LogP) is 2.12. The van der Waals surface area contributed by atoms with Crippen molar-refractivity contribution in [2.24, 2.45) is 5.92 Å². The van der Waals surface area contributed by atoms with Crippen molar-refractivity contribution < 1.29 is 18.7 Å². The lowest BCUT2D eigenvalue weighted by molar-refractivity contribution is -0.117. The molecule has 2 atom stereocenters. The highest BCUT2D eigenvalue weighted by Gasteiger charge is 2.43. The molecule has 1 fully saturated rings. The molecule has 106 valence electrons. The fraction of sp³-hybridized carbons (Fsp3) is 0.286.